The third-order valence-corrected chi connectivity index (χ3v) is 2.87. The Morgan fingerprint density at radius 1 is 1.05 bits per heavy atom. The predicted octanol–water partition coefficient (Wildman–Crippen LogP) is 4.09. The summed E-state index contributed by atoms with van der Waals surface area (Å²) in [5.74, 6) is 1.75. The third-order valence-electron chi connectivity index (χ3n) is 2.87. The van der Waals surface area contributed by atoms with Crippen molar-refractivity contribution in [1.29, 1.82) is 0 Å². The van der Waals surface area contributed by atoms with Crippen LogP contribution in [0.2, 0.25) is 0 Å². The molecule has 0 saturated heterocycles. The molecule has 3 heteroatoms. The molecule has 0 radical (unpaired) electrons. The van der Waals surface area contributed by atoms with Crippen molar-refractivity contribution < 1.29 is 9.47 Å². The summed E-state index contributed by atoms with van der Waals surface area (Å²) in [6.45, 7) is 4.79. The molecular weight excluding hydrogens is 250 g/mol. The minimum absolute atomic E-state index is 0.162. The summed E-state index contributed by atoms with van der Waals surface area (Å²) >= 11 is 0. The van der Waals surface area contributed by atoms with Crippen LogP contribution in [0.4, 0.5) is 5.69 Å². The number of hydrogen-bond donors (Lipinski definition) is 1. The molecule has 0 unspecified atom stereocenters. The van der Waals surface area contributed by atoms with Gasteiger partial charge < -0.3 is 14.8 Å². The number of hydrogen-bond acceptors (Lipinski definition) is 3. The van der Waals surface area contributed by atoms with E-state index in [1.165, 1.54) is 5.56 Å². The van der Waals surface area contributed by atoms with Crippen molar-refractivity contribution in [3.05, 3.63) is 54.1 Å². The molecule has 0 spiro atoms. The molecular formula is C17H21NO2. The molecule has 2 rings (SSSR count). The first-order chi connectivity index (χ1) is 9.69. The SMILES string of the molecule is COc1cccc(CNc2ccccc2OC(C)C)c1. The van der Waals surface area contributed by atoms with E-state index in [4.69, 9.17) is 9.47 Å². The summed E-state index contributed by atoms with van der Waals surface area (Å²) in [5, 5.41) is 3.41. The van der Waals surface area contributed by atoms with Gasteiger partial charge in [0.15, 0.2) is 0 Å². The van der Waals surface area contributed by atoms with Crippen LogP contribution in [0.25, 0.3) is 0 Å². The molecule has 106 valence electrons. The molecule has 2 aromatic rings. The van der Waals surface area contributed by atoms with Gasteiger partial charge in [0.2, 0.25) is 0 Å². The summed E-state index contributed by atoms with van der Waals surface area (Å²) in [5.41, 5.74) is 2.17. The molecule has 0 bridgehead atoms. The van der Waals surface area contributed by atoms with Crippen molar-refractivity contribution in [1.82, 2.24) is 0 Å². The molecule has 1 N–H and O–H groups in total. The molecule has 0 aromatic heterocycles. The number of para-hydroxylation sites is 2. The smallest absolute Gasteiger partial charge is 0.142 e. The fraction of sp³-hybridized carbons (Fsp3) is 0.294. The van der Waals surface area contributed by atoms with Gasteiger partial charge >= 0.3 is 0 Å². The first kappa shape index (κ1) is 14.3. The Bertz CT molecular complexity index is 552. The summed E-state index contributed by atoms with van der Waals surface area (Å²) < 4.78 is 11.0. The minimum Gasteiger partial charge on any atom is -0.497 e. The van der Waals surface area contributed by atoms with Crippen LogP contribution in [0.15, 0.2) is 48.5 Å². The van der Waals surface area contributed by atoms with E-state index >= 15 is 0 Å². The highest BCUT2D eigenvalue weighted by atomic mass is 16.5. The Kier molecular flexibility index (Phi) is 4.88. The van der Waals surface area contributed by atoms with Crippen LogP contribution >= 0.6 is 0 Å². The van der Waals surface area contributed by atoms with Gasteiger partial charge in [0.1, 0.15) is 11.5 Å². The van der Waals surface area contributed by atoms with E-state index < -0.39 is 0 Å². The van der Waals surface area contributed by atoms with Crippen LogP contribution in [-0.2, 0) is 6.54 Å². The van der Waals surface area contributed by atoms with Crippen LogP contribution < -0.4 is 14.8 Å². The van der Waals surface area contributed by atoms with E-state index in [9.17, 15) is 0 Å². The second kappa shape index (κ2) is 6.85. The number of nitrogens with one attached hydrogen (secondary N) is 1. The molecule has 0 aliphatic heterocycles. The number of anilines is 1. The fourth-order valence-electron chi connectivity index (χ4n) is 1.95. The average Bonchev–Trinajstić information content (AvgIpc) is 2.46. The summed E-state index contributed by atoms with van der Waals surface area (Å²) in [6, 6.07) is 16.0. The molecule has 2 aromatic carbocycles. The van der Waals surface area contributed by atoms with E-state index in [0.717, 1.165) is 23.7 Å². The van der Waals surface area contributed by atoms with Gasteiger partial charge in [-0.15, -0.1) is 0 Å². The fourth-order valence-corrected chi connectivity index (χ4v) is 1.95. The van der Waals surface area contributed by atoms with Gasteiger partial charge in [-0.05, 0) is 43.7 Å². The first-order valence-electron chi connectivity index (χ1n) is 6.81. The lowest BCUT2D eigenvalue weighted by molar-refractivity contribution is 0.243. The lowest BCUT2D eigenvalue weighted by Gasteiger charge is -2.15. The zero-order chi connectivity index (χ0) is 14.4. The van der Waals surface area contributed by atoms with Gasteiger partial charge in [-0.3, -0.25) is 0 Å². The van der Waals surface area contributed by atoms with E-state index in [1.54, 1.807) is 7.11 Å². The zero-order valence-corrected chi connectivity index (χ0v) is 12.2. The summed E-state index contributed by atoms with van der Waals surface area (Å²) in [7, 11) is 1.68. The summed E-state index contributed by atoms with van der Waals surface area (Å²) in [4.78, 5) is 0. The topological polar surface area (TPSA) is 30.5 Å². The van der Waals surface area contributed by atoms with Crippen molar-refractivity contribution in [3.8, 4) is 11.5 Å². The minimum atomic E-state index is 0.162. The van der Waals surface area contributed by atoms with Crippen LogP contribution in [0.1, 0.15) is 19.4 Å². The highest BCUT2D eigenvalue weighted by Crippen LogP contribution is 2.25. The molecule has 0 amide bonds. The Balaban J connectivity index is 2.06. The van der Waals surface area contributed by atoms with Gasteiger partial charge in [0.25, 0.3) is 0 Å². The van der Waals surface area contributed by atoms with Crippen LogP contribution in [0, 0.1) is 0 Å². The molecule has 20 heavy (non-hydrogen) atoms. The number of benzene rings is 2. The van der Waals surface area contributed by atoms with E-state index in [2.05, 4.69) is 11.4 Å². The Morgan fingerprint density at radius 2 is 1.85 bits per heavy atom. The van der Waals surface area contributed by atoms with E-state index in [0.29, 0.717) is 0 Å². The average molecular weight is 271 g/mol. The van der Waals surface area contributed by atoms with Gasteiger partial charge in [0.05, 0.1) is 18.9 Å². The largest absolute Gasteiger partial charge is 0.497 e. The Morgan fingerprint density at radius 3 is 2.60 bits per heavy atom. The van der Waals surface area contributed by atoms with Crippen LogP contribution in [0.3, 0.4) is 0 Å². The maximum absolute atomic E-state index is 5.79. The summed E-state index contributed by atoms with van der Waals surface area (Å²) in [6.07, 6.45) is 0.162. The number of ether oxygens (including phenoxy) is 2. The molecule has 0 saturated carbocycles. The number of rotatable bonds is 6. The van der Waals surface area contributed by atoms with E-state index in [1.807, 2.05) is 56.3 Å². The van der Waals surface area contributed by atoms with Gasteiger partial charge in [-0.1, -0.05) is 24.3 Å². The Hall–Kier alpha value is -2.16. The van der Waals surface area contributed by atoms with Crippen molar-refractivity contribution in [2.45, 2.75) is 26.5 Å². The molecule has 0 fully saturated rings. The lowest BCUT2D eigenvalue weighted by Crippen LogP contribution is -2.08. The van der Waals surface area contributed by atoms with Gasteiger partial charge in [-0.2, -0.15) is 0 Å². The van der Waals surface area contributed by atoms with Crippen molar-refractivity contribution in [2.75, 3.05) is 12.4 Å². The molecule has 0 heterocycles. The second-order valence-corrected chi connectivity index (χ2v) is 4.87. The first-order valence-corrected chi connectivity index (χ1v) is 6.81. The monoisotopic (exact) mass is 271 g/mol. The molecule has 3 nitrogen and oxygen atoms in total. The highest BCUT2D eigenvalue weighted by molar-refractivity contribution is 5.56. The quantitative estimate of drug-likeness (QED) is 0.858. The van der Waals surface area contributed by atoms with Crippen LogP contribution in [-0.4, -0.2) is 13.2 Å². The molecule has 0 aliphatic carbocycles. The molecule has 0 atom stereocenters. The van der Waals surface area contributed by atoms with Gasteiger partial charge in [-0.25, -0.2) is 0 Å². The maximum Gasteiger partial charge on any atom is 0.142 e. The zero-order valence-electron chi connectivity index (χ0n) is 12.2. The number of methoxy groups -OCH3 is 1. The Labute approximate surface area is 120 Å². The third kappa shape index (κ3) is 3.92. The van der Waals surface area contributed by atoms with Gasteiger partial charge in [0, 0.05) is 6.54 Å². The standard InChI is InChI=1S/C17H21NO2/c1-13(2)20-17-10-5-4-9-16(17)18-12-14-7-6-8-15(11-14)19-3/h4-11,13,18H,12H2,1-3H3. The van der Waals surface area contributed by atoms with Crippen LogP contribution in [0.5, 0.6) is 11.5 Å². The molecule has 0 aliphatic rings. The predicted molar refractivity (Wildman–Crippen MR) is 82.5 cm³/mol. The van der Waals surface area contributed by atoms with Crippen molar-refractivity contribution in [2.24, 2.45) is 0 Å². The lowest BCUT2D eigenvalue weighted by atomic mass is 10.2. The highest BCUT2D eigenvalue weighted by Gasteiger charge is 2.04. The van der Waals surface area contributed by atoms with Crippen molar-refractivity contribution >= 4 is 5.69 Å². The normalized spacial score (nSPS) is 10.4. The second-order valence-electron chi connectivity index (χ2n) is 4.87. The maximum atomic E-state index is 5.79. The van der Waals surface area contributed by atoms with E-state index in [-0.39, 0.29) is 6.10 Å². The van der Waals surface area contributed by atoms with Crippen molar-refractivity contribution in [3.63, 3.8) is 0 Å².